The minimum atomic E-state index is -0.130. The molecule has 0 unspecified atom stereocenters. The lowest BCUT2D eigenvalue weighted by Gasteiger charge is -2.23. The Morgan fingerprint density at radius 2 is 1.92 bits per heavy atom. The SMILES string of the molecule is CCN(Cc1ccccc1)c1ccnc(C(=O)NCCN(C)C)c1. The number of carbonyl (C=O) groups is 1. The highest BCUT2D eigenvalue weighted by atomic mass is 16.1. The Hall–Kier alpha value is -2.40. The van der Waals surface area contributed by atoms with Gasteiger partial charge in [0.05, 0.1) is 0 Å². The highest BCUT2D eigenvalue weighted by Crippen LogP contribution is 2.17. The third-order valence-corrected chi connectivity index (χ3v) is 3.78. The number of carbonyl (C=O) groups excluding carboxylic acids is 1. The van der Waals surface area contributed by atoms with E-state index < -0.39 is 0 Å². The summed E-state index contributed by atoms with van der Waals surface area (Å²) in [6, 6.07) is 14.1. The van der Waals surface area contributed by atoms with Crippen LogP contribution in [0.25, 0.3) is 0 Å². The number of likely N-dealkylation sites (N-methyl/N-ethyl adjacent to an activating group) is 1. The molecular weight excluding hydrogens is 300 g/mol. The van der Waals surface area contributed by atoms with E-state index in [0.29, 0.717) is 12.2 Å². The summed E-state index contributed by atoms with van der Waals surface area (Å²) in [6.07, 6.45) is 1.70. The van der Waals surface area contributed by atoms with Gasteiger partial charge in [-0.15, -0.1) is 0 Å². The Labute approximate surface area is 144 Å². The normalized spacial score (nSPS) is 10.7. The molecule has 128 valence electrons. The van der Waals surface area contributed by atoms with Gasteiger partial charge in [0, 0.05) is 38.1 Å². The molecule has 5 nitrogen and oxygen atoms in total. The first-order valence-electron chi connectivity index (χ1n) is 8.28. The molecule has 0 fully saturated rings. The fourth-order valence-electron chi connectivity index (χ4n) is 2.41. The minimum absolute atomic E-state index is 0.130. The molecule has 1 aromatic heterocycles. The van der Waals surface area contributed by atoms with Crippen LogP contribution in [0.5, 0.6) is 0 Å². The maximum atomic E-state index is 12.2. The highest BCUT2D eigenvalue weighted by Gasteiger charge is 2.11. The number of hydrogen-bond donors (Lipinski definition) is 1. The lowest BCUT2D eigenvalue weighted by atomic mass is 10.2. The average Bonchev–Trinajstić information content (AvgIpc) is 2.60. The first kappa shape index (κ1) is 17.9. The van der Waals surface area contributed by atoms with Crippen molar-refractivity contribution in [1.82, 2.24) is 15.2 Å². The van der Waals surface area contributed by atoms with Gasteiger partial charge in [-0.1, -0.05) is 30.3 Å². The molecule has 0 radical (unpaired) electrons. The van der Waals surface area contributed by atoms with Gasteiger partial charge >= 0.3 is 0 Å². The standard InChI is InChI=1S/C19H26N4O/c1-4-23(15-16-8-6-5-7-9-16)17-10-11-20-18(14-17)19(24)21-12-13-22(2)3/h5-11,14H,4,12-13,15H2,1-3H3,(H,21,24). The Kier molecular flexibility index (Phi) is 6.75. The number of benzene rings is 1. The van der Waals surface area contributed by atoms with E-state index in [0.717, 1.165) is 25.3 Å². The molecular formula is C19H26N4O. The zero-order valence-corrected chi connectivity index (χ0v) is 14.7. The van der Waals surface area contributed by atoms with Gasteiger partial charge in [0.15, 0.2) is 0 Å². The molecule has 1 N–H and O–H groups in total. The number of anilines is 1. The molecule has 0 saturated heterocycles. The lowest BCUT2D eigenvalue weighted by Crippen LogP contribution is -2.32. The summed E-state index contributed by atoms with van der Waals surface area (Å²) in [5.41, 5.74) is 2.71. The number of amides is 1. The Balaban J connectivity index is 2.05. The van der Waals surface area contributed by atoms with Crippen LogP contribution >= 0.6 is 0 Å². The molecule has 0 atom stereocenters. The summed E-state index contributed by atoms with van der Waals surface area (Å²) in [7, 11) is 3.96. The van der Waals surface area contributed by atoms with Crippen LogP contribution in [-0.2, 0) is 6.54 Å². The van der Waals surface area contributed by atoms with E-state index in [1.807, 2.05) is 49.3 Å². The fourth-order valence-corrected chi connectivity index (χ4v) is 2.41. The van der Waals surface area contributed by atoms with Crippen molar-refractivity contribution in [2.75, 3.05) is 38.6 Å². The summed E-state index contributed by atoms with van der Waals surface area (Å²) in [5, 5.41) is 2.90. The minimum Gasteiger partial charge on any atom is -0.367 e. The quantitative estimate of drug-likeness (QED) is 0.809. The monoisotopic (exact) mass is 326 g/mol. The predicted molar refractivity (Wildman–Crippen MR) is 98.3 cm³/mol. The fraction of sp³-hybridized carbons (Fsp3) is 0.368. The maximum Gasteiger partial charge on any atom is 0.269 e. The van der Waals surface area contributed by atoms with Crippen molar-refractivity contribution >= 4 is 11.6 Å². The number of rotatable bonds is 8. The molecule has 0 bridgehead atoms. The van der Waals surface area contributed by atoms with Crippen molar-refractivity contribution in [2.24, 2.45) is 0 Å². The summed E-state index contributed by atoms with van der Waals surface area (Å²) < 4.78 is 0. The summed E-state index contributed by atoms with van der Waals surface area (Å²) in [4.78, 5) is 20.7. The van der Waals surface area contributed by atoms with E-state index in [1.54, 1.807) is 6.20 Å². The number of hydrogen-bond acceptors (Lipinski definition) is 4. The van der Waals surface area contributed by atoms with Crippen molar-refractivity contribution in [3.63, 3.8) is 0 Å². The summed E-state index contributed by atoms with van der Waals surface area (Å²) in [6.45, 7) is 5.20. The van der Waals surface area contributed by atoms with Gasteiger partial charge in [-0.3, -0.25) is 9.78 Å². The van der Waals surface area contributed by atoms with E-state index in [1.165, 1.54) is 5.56 Å². The van der Waals surface area contributed by atoms with Crippen molar-refractivity contribution in [3.8, 4) is 0 Å². The molecule has 0 aliphatic carbocycles. The van der Waals surface area contributed by atoms with Crippen molar-refractivity contribution in [2.45, 2.75) is 13.5 Å². The van der Waals surface area contributed by atoms with E-state index in [-0.39, 0.29) is 5.91 Å². The summed E-state index contributed by atoms with van der Waals surface area (Å²) in [5.74, 6) is -0.130. The third-order valence-electron chi connectivity index (χ3n) is 3.78. The molecule has 0 aliphatic rings. The van der Waals surface area contributed by atoms with E-state index >= 15 is 0 Å². The van der Waals surface area contributed by atoms with Crippen molar-refractivity contribution in [1.29, 1.82) is 0 Å². The van der Waals surface area contributed by atoms with E-state index in [9.17, 15) is 4.79 Å². The smallest absolute Gasteiger partial charge is 0.269 e. The molecule has 5 heteroatoms. The molecule has 2 rings (SSSR count). The first-order chi connectivity index (χ1) is 11.6. The predicted octanol–water partition coefficient (Wildman–Crippen LogP) is 2.40. The van der Waals surface area contributed by atoms with Crippen LogP contribution in [0.15, 0.2) is 48.7 Å². The van der Waals surface area contributed by atoms with Crippen LogP contribution < -0.4 is 10.2 Å². The average molecular weight is 326 g/mol. The molecule has 1 heterocycles. The van der Waals surface area contributed by atoms with Gasteiger partial charge in [0.2, 0.25) is 0 Å². The van der Waals surface area contributed by atoms with Gasteiger partial charge in [0.1, 0.15) is 5.69 Å². The van der Waals surface area contributed by atoms with Crippen LogP contribution in [0.1, 0.15) is 23.0 Å². The topological polar surface area (TPSA) is 48.5 Å². The zero-order chi connectivity index (χ0) is 17.4. The van der Waals surface area contributed by atoms with Crippen LogP contribution in [0, 0.1) is 0 Å². The van der Waals surface area contributed by atoms with Crippen molar-refractivity contribution in [3.05, 3.63) is 59.9 Å². The number of nitrogens with one attached hydrogen (secondary N) is 1. The molecule has 0 spiro atoms. The van der Waals surface area contributed by atoms with Crippen molar-refractivity contribution < 1.29 is 4.79 Å². The zero-order valence-electron chi connectivity index (χ0n) is 14.7. The molecule has 2 aromatic rings. The Morgan fingerprint density at radius 3 is 2.58 bits per heavy atom. The van der Waals surface area contributed by atoms with E-state index in [4.69, 9.17) is 0 Å². The van der Waals surface area contributed by atoms with Gasteiger partial charge in [-0.2, -0.15) is 0 Å². The second kappa shape index (κ2) is 9.03. The van der Waals surface area contributed by atoms with Gasteiger partial charge in [-0.25, -0.2) is 0 Å². The largest absolute Gasteiger partial charge is 0.367 e. The molecule has 1 amide bonds. The maximum absolute atomic E-state index is 12.2. The molecule has 24 heavy (non-hydrogen) atoms. The first-order valence-corrected chi connectivity index (χ1v) is 8.28. The highest BCUT2D eigenvalue weighted by molar-refractivity contribution is 5.93. The number of aromatic nitrogens is 1. The van der Waals surface area contributed by atoms with E-state index in [2.05, 4.69) is 34.3 Å². The van der Waals surface area contributed by atoms with Crippen LogP contribution in [0.3, 0.4) is 0 Å². The third kappa shape index (κ3) is 5.35. The Morgan fingerprint density at radius 1 is 1.17 bits per heavy atom. The number of pyridine rings is 1. The summed E-state index contributed by atoms with van der Waals surface area (Å²) >= 11 is 0. The van der Waals surface area contributed by atoms with Crippen LogP contribution in [-0.4, -0.2) is 49.5 Å². The molecule has 1 aromatic carbocycles. The van der Waals surface area contributed by atoms with Crippen LogP contribution in [0.2, 0.25) is 0 Å². The van der Waals surface area contributed by atoms with Gasteiger partial charge in [-0.05, 0) is 38.7 Å². The Bertz CT molecular complexity index is 643. The molecule has 0 aliphatic heterocycles. The number of nitrogens with zero attached hydrogens (tertiary/aromatic N) is 3. The second-order valence-electron chi connectivity index (χ2n) is 5.96. The molecule has 0 saturated carbocycles. The van der Waals surface area contributed by atoms with Crippen LogP contribution in [0.4, 0.5) is 5.69 Å². The van der Waals surface area contributed by atoms with Gasteiger partial charge in [0.25, 0.3) is 5.91 Å². The lowest BCUT2D eigenvalue weighted by molar-refractivity contribution is 0.0946. The van der Waals surface area contributed by atoms with Gasteiger partial charge < -0.3 is 15.1 Å². The second-order valence-corrected chi connectivity index (χ2v) is 5.96.